The molecule has 0 saturated heterocycles. The summed E-state index contributed by atoms with van der Waals surface area (Å²) in [7, 11) is 0. The Bertz CT molecular complexity index is 444. The SMILES string of the molecule is CCCCCCCCCCCCCCCOCCOC(=O)c1ccccc1. The standard InChI is InChI=1S/C24H40O3/c1-2-3-4-5-6-7-8-9-10-11-12-13-17-20-26-21-22-27-24(25)23-18-15-14-16-19-23/h14-16,18-19H,2-13,17,20-22H2,1H3. The van der Waals surface area contributed by atoms with Gasteiger partial charge in [0.1, 0.15) is 6.61 Å². The minimum Gasteiger partial charge on any atom is -0.460 e. The molecule has 0 aromatic heterocycles. The highest BCUT2D eigenvalue weighted by molar-refractivity contribution is 5.89. The zero-order valence-corrected chi connectivity index (χ0v) is 17.4. The summed E-state index contributed by atoms with van der Waals surface area (Å²) in [5.74, 6) is -0.278. The molecule has 0 heterocycles. The van der Waals surface area contributed by atoms with Gasteiger partial charge in [0.25, 0.3) is 0 Å². The zero-order chi connectivity index (χ0) is 19.4. The Morgan fingerprint density at radius 2 is 1.19 bits per heavy atom. The van der Waals surface area contributed by atoms with E-state index in [0.29, 0.717) is 18.8 Å². The summed E-state index contributed by atoms with van der Waals surface area (Å²) >= 11 is 0. The van der Waals surface area contributed by atoms with Crippen LogP contribution in [0, 0.1) is 0 Å². The zero-order valence-electron chi connectivity index (χ0n) is 17.4. The molecule has 0 N–H and O–H groups in total. The van der Waals surface area contributed by atoms with Crippen LogP contribution in [0.25, 0.3) is 0 Å². The number of rotatable bonds is 18. The molecule has 0 unspecified atom stereocenters. The van der Waals surface area contributed by atoms with Crippen LogP contribution in [0.3, 0.4) is 0 Å². The van der Waals surface area contributed by atoms with Crippen LogP contribution in [0.15, 0.2) is 30.3 Å². The summed E-state index contributed by atoms with van der Waals surface area (Å²) in [6.07, 6.45) is 17.6. The molecule has 0 bridgehead atoms. The van der Waals surface area contributed by atoms with Crippen molar-refractivity contribution in [1.29, 1.82) is 0 Å². The highest BCUT2D eigenvalue weighted by Gasteiger charge is 2.04. The van der Waals surface area contributed by atoms with Gasteiger partial charge in [0.05, 0.1) is 12.2 Å². The van der Waals surface area contributed by atoms with Gasteiger partial charge in [-0.05, 0) is 18.6 Å². The molecule has 0 spiro atoms. The molecule has 0 amide bonds. The fourth-order valence-corrected chi connectivity index (χ4v) is 3.17. The van der Waals surface area contributed by atoms with E-state index < -0.39 is 0 Å². The number of benzene rings is 1. The Labute approximate surface area is 166 Å². The fraction of sp³-hybridized carbons (Fsp3) is 0.708. The summed E-state index contributed by atoms with van der Waals surface area (Å²) in [5.41, 5.74) is 0.592. The second kappa shape index (κ2) is 18.0. The van der Waals surface area contributed by atoms with Crippen molar-refractivity contribution in [3.05, 3.63) is 35.9 Å². The van der Waals surface area contributed by atoms with E-state index in [1.54, 1.807) is 12.1 Å². The van der Waals surface area contributed by atoms with Gasteiger partial charge in [0.2, 0.25) is 0 Å². The Balaban J connectivity index is 1.75. The predicted octanol–water partition coefficient (Wildman–Crippen LogP) is 6.95. The number of hydrogen-bond donors (Lipinski definition) is 0. The lowest BCUT2D eigenvalue weighted by molar-refractivity contribution is 0.0312. The van der Waals surface area contributed by atoms with Crippen molar-refractivity contribution in [2.45, 2.75) is 90.4 Å². The predicted molar refractivity (Wildman–Crippen MR) is 113 cm³/mol. The average Bonchev–Trinajstić information content (AvgIpc) is 2.70. The van der Waals surface area contributed by atoms with Crippen molar-refractivity contribution < 1.29 is 14.3 Å². The molecule has 0 aliphatic carbocycles. The first-order valence-corrected chi connectivity index (χ1v) is 11.1. The normalized spacial score (nSPS) is 10.9. The molecule has 0 aliphatic rings. The van der Waals surface area contributed by atoms with E-state index in [1.165, 1.54) is 77.0 Å². The number of esters is 1. The van der Waals surface area contributed by atoms with Crippen LogP contribution >= 0.6 is 0 Å². The fourth-order valence-electron chi connectivity index (χ4n) is 3.17. The van der Waals surface area contributed by atoms with E-state index in [9.17, 15) is 4.79 Å². The third-order valence-electron chi connectivity index (χ3n) is 4.86. The lowest BCUT2D eigenvalue weighted by Crippen LogP contribution is -2.11. The molecule has 3 nitrogen and oxygen atoms in total. The van der Waals surface area contributed by atoms with Gasteiger partial charge < -0.3 is 9.47 Å². The van der Waals surface area contributed by atoms with Gasteiger partial charge in [-0.1, -0.05) is 102 Å². The Morgan fingerprint density at radius 1 is 0.667 bits per heavy atom. The topological polar surface area (TPSA) is 35.5 Å². The maximum absolute atomic E-state index is 11.7. The molecular weight excluding hydrogens is 336 g/mol. The molecule has 0 fully saturated rings. The molecule has 3 heteroatoms. The summed E-state index contributed by atoms with van der Waals surface area (Å²) < 4.78 is 10.7. The van der Waals surface area contributed by atoms with Gasteiger partial charge in [0.15, 0.2) is 0 Å². The monoisotopic (exact) mass is 376 g/mol. The molecule has 1 aromatic carbocycles. The molecule has 27 heavy (non-hydrogen) atoms. The van der Waals surface area contributed by atoms with Crippen molar-refractivity contribution in [3.63, 3.8) is 0 Å². The molecule has 1 rings (SSSR count). The number of carbonyl (C=O) groups is 1. The van der Waals surface area contributed by atoms with Crippen LogP contribution in [-0.2, 0) is 9.47 Å². The Morgan fingerprint density at radius 3 is 1.74 bits per heavy atom. The number of ether oxygens (including phenoxy) is 2. The van der Waals surface area contributed by atoms with E-state index >= 15 is 0 Å². The van der Waals surface area contributed by atoms with Crippen molar-refractivity contribution in [3.8, 4) is 0 Å². The highest BCUT2D eigenvalue weighted by Crippen LogP contribution is 2.12. The van der Waals surface area contributed by atoms with E-state index in [-0.39, 0.29) is 5.97 Å². The van der Waals surface area contributed by atoms with Crippen molar-refractivity contribution in [1.82, 2.24) is 0 Å². The van der Waals surface area contributed by atoms with Gasteiger partial charge in [-0.25, -0.2) is 4.79 Å². The van der Waals surface area contributed by atoms with E-state index in [0.717, 1.165) is 13.0 Å². The van der Waals surface area contributed by atoms with Crippen LogP contribution in [0.1, 0.15) is 101 Å². The molecule has 154 valence electrons. The third-order valence-corrected chi connectivity index (χ3v) is 4.86. The summed E-state index contributed by atoms with van der Waals surface area (Å²) in [4.78, 5) is 11.7. The maximum Gasteiger partial charge on any atom is 0.338 e. The van der Waals surface area contributed by atoms with Gasteiger partial charge in [-0.2, -0.15) is 0 Å². The lowest BCUT2D eigenvalue weighted by atomic mass is 10.0. The van der Waals surface area contributed by atoms with Crippen molar-refractivity contribution in [2.24, 2.45) is 0 Å². The second-order valence-electron chi connectivity index (χ2n) is 7.36. The molecule has 0 saturated carbocycles. The number of hydrogen-bond acceptors (Lipinski definition) is 3. The first-order valence-electron chi connectivity index (χ1n) is 11.1. The van der Waals surface area contributed by atoms with Crippen molar-refractivity contribution >= 4 is 5.97 Å². The second-order valence-corrected chi connectivity index (χ2v) is 7.36. The molecule has 1 aromatic rings. The molecular formula is C24H40O3. The van der Waals surface area contributed by atoms with Gasteiger partial charge in [-0.3, -0.25) is 0 Å². The summed E-state index contributed by atoms with van der Waals surface area (Å²) in [6, 6.07) is 9.08. The largest absolute Gasteiger partial charge is 0.460 e. The summed E-state index contributed by atoms with van der Waals surface area (Å²) in [6.45, 7) is 3.85. The van der Waals surface area contributed by atoms with Crippen LogP contribution < -0.4 is 0 Å². The minimum atomic E-state index is -0.278. The van der Waals surface area contributed by atoms with Gasteiger partial charge >= 0.3 is 5.97 Å². The van der Waals surface area contributed by atoms with E-state index in [1.807, 2.05) is 18.2 Å². The molecule has 0 aliphatic heterocycles. The number of carbonyl (C=O) groups excluding carboxylic acids is 1. The lowest BCUT2D eigenvalue weighted by Gasteiger charge is -2.06. The third kappa shape index (κ3) is 14.4. The van der Waals surface area contributed by atoms with Crippen molar-refractivity contribution in [2.75, 3.05) is 19.8 Å². The average molecular weight is 377 g/mol. The Kier molecular flexibility index (Phi) is 15.8. The first-order chi connectivity index (χ1) is 13.3. The van der Waals surface area contributed by atoms with Crippen LogP contribution in [0.5, 0.6) is 0 Å². The maximum atomic E-state index is 11.7. The molecule has 0 atom stereocenters. The van der Waals surface area contributed by atoms with Crippen LogP contribution in [0.2, 0.25) is 0 Å². The summed E-state index contributed by atoms with van der Waals surface area (Å²) in [5, 5.41) is 0. The van der Waals surface area contributed by atoms with E-state index in [2.05, 4.69) is 6.92 Å². The highest BCUT2D eigenvalue weighted by atomic mass is 16.6. The molecule has 0 radical (unpaired) electrons. The minimum absolute atomic E-state index is 0.278. The first kappa shape index (κ1) is 23.7. The number of unbranched alkanes of at least 4 members (excludes halogenated alkanes) is 12. The van der Waals surface area contributed by atoms with Gasteiger partial charge in [-0.15, -0.1) is 0 Å². The van der Waals surface area contributed by atoms with E-state index in [4.69, 9.17) is 9.47 Å². The van der Waals surface area contributed by atoms with Crippen LogP contribution in [0.4, 0.5) is 0 Å². The Hall–Kier alpha value is -1.35. The quantitative estimate of drug-likeness (QED) is 0.205. The van der Waals surface area contributed by atoms with Gasteiger partial charge in [0, 0.05) is 6.61 Å². The van der Waals surface area contributed by atoms with Crippen LogP contribution in [-0.4, -0.2) is 25.8 Å². The smallest absolute Gasteiger partial charge is 0.338 e.